The highest BCUT2D eigenvalue weighted by Gasteiger charge is 2.56. The Balaban J connectivity index is 1.63. The van der Waals surface area contributed by atoms with Gasteiger partial charge in [0.25, 0.3) is 5.91 Å². The van der Waals surface area contributed by atoms with Gasteiger partial charge < -0.3 is 19.3 Å². The molecule has 0 aromatic carbocycles. The minimum Gasteiger partial charge on any atom is -0.392 e. The summed E-state index contributed by atoms with van der Waals surface area (Å²) in [7, 11) is 0. The molecule has 1 amide bonds. The smallest absolute Gasteiger partial charge is 0.292 e. The highest BCUT2D eigenvalue weighted by molar-refractivity contribution is 5.91. The van der Waals surface area contributed by atoms with Gasteiger partial charge in [0, 0.05) is 37.6 Å². The summed E-state index contributed by atoms with van der Waals surface area (Å²) in [6, 6.07) is 1.66. The van der Waals surface area contributed by atoms with Crippen molar-refractivity contribution in [2.75, 3.05) is 19.7 Å². The van der Waals surface area contributed by atoms with Gasteiger partial charge in [0.05, 0.1) is 17.9 Å². The van der Waals surface area contributed by atoms with E-state index in [0.29, 0.717) is 37.6 Å². The maximum Gasteiger partial charge on any atom is 0.292 e. The van der Waals surface area contributed by atoms with Crippen LogP contribution in [-0.4, -0.2) is 53.0 Å². The predicted octanol–water partition coefficient (Wildman–Crippen LogP) is 1.38. The van der Waals surface area contributed by atoms with Crippen LogP contribution in [0.5, 0.6) is 0 Å². The van der Waals surface area contributed by atoms with Crippen LogP contribution >= 0.6 is 0 Å². The van der Waals surface area contributed by atoms with Crippen molar-refractivity contribution in [2.24, 2.45) is 5.41 Å². The molecule has 0 radical (unpaired) electrons. The van der Waals surface area contributed by atoms with E-state index in [1.807, 2.05) is 6.92 Å². The third-order valence-electron chi connectivity index (χ3n) is 4.93. The summed E-state index contributed by atoms with van der Waals surface area (Å²) >= 11 is 0. The molecule has 1 aromatic heterocycles. The van der Waals surface area contributed by atoms with Crippen LogP contribution in [0.15, 0.2) is 10.6 Å². The first-order valence-electron chi connectivity index (χ1n) is 7.59. The third kappa shape index (κ3) is 2.36. The van der Waals surface area contributed by atoms with Gasteiger partial charge in [-0.25, -0.2) is 0 Å². The number of piperidine rings is 1. The number of nitrogens with zero attached hydrogens (tertiary/aromatic N) is 2. The minimum absolute atomic E-state index is 0.118. The number of hydrogen-bond donors (Lipinski definition) is 1. The fourth-order valence-corrected chi connectivity index (χ4v) is 3.56. The van der Waals surface area contributed by atoms with E-state index in [4.69, 9.17) is 9.26 Å². The molecule has 1 spiro atoms. The maximum atomic E-state index is 12.3. The van der Waals surface area contributed by atoms with Crippen LogP contribution in [-0.2, 0) is 4.74 Å². The molecule has 2 heterocycles. The zero-order valence-electron chi connectivity index (χ0n) is 12.5. The summed E-state index contributed by atoms with van der Waals surface area (Å²) in [5.41, 5.74) is 0.544. The fraction of sp³-hybridized carbons (Fsp3) is 0.733. The summed E-state index contributed by atoms with van der Waals surface area (Å²) in [6.45, 7) is 5.68. The summed E-state index contributed by atoms with van der Waals surface area (Å²) in [4.78, 5) is 14.1. The van der Waals surface area contributed by atoms with Crippen LogP contribution in [0.4, 0.5) is 0 Å². The molecule has 0 bridgehead atoms. The van der Waals surface area contributed by atoms with Crippen LogP contribution in [0.2, 0.25) is 0 Å². The molecule has 1 saturated heterocycles. The Hall–Kier alpha value is -1.40. The Bertz CT molecular complexity index is 517. The first-order chi connectivity index (χ1) is 10.1. The van der Waals surface area contributed by atoms with Crippen LogP contribution in [0.3, 0.4) is 0 Å². The minimum atomic E-state index is -0.307. The van der Waals surface area contributed by atoms with Crippen LogP contribution in [0.25, 0.3) is 0 Å². The molecule has 21 heavy (non-hydrogen) atoms. The van der Waals surface area contributed by atoms with E-state index in [-0.39, 0.29) is 23.5 Å². The van der Waals surface area contributed by atoms with E-state index in [0.717, 1.165) is 12.8 Å². The van der Waals surface area contributed by atoms with Crippen LogP contribution in [0.1, 0.15) is 42.4 Å². The Kier molecular flexibility index (Phi) is 3.75. The molecule has 2 fully saturated rings. The topological polar surface area (TPSA) is 75.8 Å². The molecular weight excluding hydrogens is 272 g/mol. The van der Waals surface area contributed by atoms with Crippen LogP contribution in [0, 0.1) is 12.3 Å². The number of hydrogen-bond acceptors (Lipinski definition) is 5. The molecule has 116 valence electrons. The number of aryl methyl sites for hydroxylation is 1. The molecule has 2 unspecified atom stereocenters. The lowest BCUT2D eigenvalue weighted by Crippen LogP contribution is -2.62. The summed E-state index contributed by atoms with van der Waals surface area (Å²) in [6.07, 6.45) is 2.08. The van der Waals surface area contributed by atoms with Gasteiger partial charge in [-0.05, 0) is 26.7 Å². The molecule has 2 aliphatic rings. The number of amides is 1. The monoisotopic (exact) mass is 294 g/mol. The second-order valence-electron chi connectivity index (χ2n) is 6.05. The maximum absolute atomic E-state index is 12.3. The molecule has 6 heteroatoms. The first kappa shape index (κ1) is 14.5. The molecule has 2 atom stereocenters. The highest BCUT2D eigenvalue weighted by atomic mass is 16.5. The zero-order chi connectivity index (χ0) is 15.0. The molecule has 1 aliphatic carbocycles. The summed E-state index contributed by atoms with van der Waals surface area (Å²) in [5.74, 6) is 0.172. The molecule has 1 aliphatic heterocycles. The van der Waals surface area contributed by atoms with E-state index in [9.17, 15) is 9.90 Å². The molecule has 6 nitrogen and oxygen atoms in total. The summed E-state index contributed by atoms with van der Waals surface area (Å²) < 4.78 is 10.8. The van der Waals surface area contributed by atoms with Gasteiger partial charge in [-0.2, -0.15) is 0 Å². The molecule has 1 N–H and O–H groups in total. The lowest BCUT2D eigenvalue weighted by Gasteiger charge is -2.56. The van der Waals surface area contributed by atoms with Gasteiger partial charge in [-0.15, -0.1) is 0 Å². The SMILES string of the molecule is CCOC1CC(O)C12CCN(C(=O)c1cc(C)no1)CC2. The van der Waals surface area contributed by atoms with Gasteiger partial charge >= 0.3 is 0 Å². The molecule has 1 saturated carbocycles. The van der Waals surface area contributed by atoms with E-state index in [1.165, 1.54) is 0 Å². The first-order valence-corrected chi connectivity index (χ1v) is 7.59. The van der Waals surface area contributed by atoms with E-state index < -0.39 is 0 Å². The molecule has 1 aromatic rings. The van der Waals surface area contributed by atoms with Gasteiger partial charge in [-0.1, -0.05) is 5.16 Å². The van der Waals surface area contributed by atoms with E-state index in [2.05, 4.69) is 5.16 Å². The van der Waals surface area contributed by atoms with Crippen molar-refractivity contribution in [2.45, 2.75) is 45.3 Å². The van der Waals surface area contributed by atoms with Crippen molar-refractivity contribution in [1.29, 1.82) is 0 Å². The average Bonchev–Trinajstić information content (AvgIpc) is 2.93. The van der Waals surface area contributed by atoms with Gasteiger partial charge in [0.2, 0.25) is 5.76 Å². The van der Waals surface area contributed by atoms with Gasteiger partial charge in [-0.3, -0.25) is 4.79 Å². The van der Waals surface area contributed by atoms with Crippen molar-refractivity contribution in [3.63, 3.8) is 0 Å². The molecular formula is C15H22N2O4. The number of carbonyl (C=O) groups excluding carboxylic acids is 1. The zero-order valence-corrected chi connectivity index (χ0v) is 12.5. The fourth-order valence-electron chi connectivity index (χ4n) is 3.56. The lowest BCUT2D eigenvalue weighted by atomic mass is 9.58. The number of aromatic nitrogens is 1. The highest BCUT2D eigenvalue weighted by Crippen LogP contribution is 2.51. The van der Waals surface area contributed by atoms with Crippen LogP contribution < -0.4 is 0 Å². The quantitative estimate of drug-likeness (QED) is 0.911. The number of rotatable bonds is 3. The van der Waals surface area contributed by atoms with Crippen molar-refractivity contribution in [1.82, 2.24) is 10.1 Å². The Morgan fingerprint density at radius 3 is 2.81 bits per heavy atom. The average molecular weight is 294 g/mol. The number of aliphatic hydroxyl groups excluding tert-OH is 1. The predicted molar refractivity (Wildman–Crippen MR) is 74.8 cm³/mol. The Morgan fingerprint density at radius 2 is 2.29 bits per heavy atom. The third-order valence-corrected chi connectivity index (χ3v) is 4.93. The lowest BCUT2D eigenvalue weighted by molar-refractivity contribution is -0.207. The number of ether oxygens (including phenoxy) is 1. The number of carbonyl (C=O) groups is 1. The normalized spacial score (nSPS) is 27.7. The van der Waals surface area contributed by atoms with Gasteiger partial charge in [0.1, 0.15) is 0 Å². The van der Waals surface area contributed by atoms with Gasteiger partial charge in [0.15, 0.2) is 0 Å². The second kappa shape index (κ2) is 5.42. The number of aliphatic hydroxyl groups is 1. The van der Waals surface area contributed by atoms with Crippen molar-refractivity contribution >= 4 is 5.91 Å². The molecule has 3 rings (SSSR count). The Morgan fingerprint density at radius 1 is 1.57 bits per heavy atom. The van der Waals surface area contributed by atoms with E-state index in [1.54, 1.807) is 17.9 Å². The Labute approximate surface area is 124 Å². The largest absolute Gasteiger partial charge is 0.392 e. The van der Waals surface area contributed by atoms with E-state index >= 15 is 0 Å². The number of likely N-dealkylation sites (tertiary alicyclic amines) is 1. The summed E-state index contributed by atoms with van der Waals surface area (Å²) in [5, 5.41) is 13.9. The van der Waals surface area contributed by atoms with Crippen molar-refractivity contribution in [3.05, 3.63) is 17.5 Å². The van der Waals surface area contributed by atoms with Crippen molar-refractivity contribution < 1.29 is 19.2 Å². The van der Waals surface area contributed by atoms with Crippen molar-refractivity contribution in [3.8, 4) is 0 Å². The standard InChI is InChI=1S/C15H22N2O4/c1-3-20-13-9-12(18)15(13)4-6-17(7-5-15)14(19)11-8-10(2)16-21-11/h8,12-13,18H,3-7,9H2,1-2H3. The second-order valence-corrected chi connectivity index (χ2v) is 6.05.